The Bertz CT molecular complexity index is 783. The quantitative estimate of drug-likeness (QED) is 0.476. The molecule has 3 aromatic rings. The lowest BCUT2D eigenvalue weighted by Gasteiger charge is -2.08. The Morgan fingerprint density at radius 3 is 2.43 bits per heavy atom. The number of aromatic nitrogens is 2. The van der Waals surface area contributed by atoms with Crippen LogP contribution < -0.4 is 0 Å². The van der Waals surface area contributed by atoms with E-state index >= 15 is 0 Å². The number of hydrogen-bond donors (Lipinski definition) is 0. The summed E-state index contributed by atoms with van der Waals surface area (Å²) in [6.45, 7) is 1.92. The van der Waals surface area contributed by atoms with Gasteiger partial charge in [0.15, 0.2) is 5.82 Å². The molecular weight excluding hydrogens is 391 g/mol. The molecule has 0 aliphatic rings. The minimum Gasteiger partial charge on any atom is -0.227 e. The van der Waals surface area contributed by atoms with Crippen LogP contribution in [0.3, 0.4) is 0 Å². The van der Waals surface area contributed by atoms with Crippen LogP contribution in [0.2, 0.25) is 9.49 Å². The van der Waals surface area contributed by atoms with Crippen molar-refractivity contribution >= 4 is 50.5 Å². The van der Waals surface area contributed by atoms with Gasteiger partial charge in [0.25, 0.3) is 0 Å². The molecule has 0 unspecified atom stereocenters. The van der Waals surface area contributed by atoms with Crippen LogP contribution in [-0.4, -0.2) is 9.97 Å². The first-order valence-corrected chi connectivity index (χ1v) is 8.47. The zero-order valence-corrected chi connectivity index (χ0v) is 14.8. The number of halogens is 3. The van der Waals surface area contributed by atoms with Gasteiger partial charge < -0.3 is 0 Å². The number of hydrogen-bond acceptors (Lipinski definition) is 3. The lowest BCUT2D eigenvalue weighted by Crippen LogP contribution is -1.96. The molecule has 0 atom stereocenters. The van der Waals surface area contributed by atoms with E-state index in [0.717, 1.165) is 26.2 Å². The fourth-order valence-corrected chi connectivity index (χ4v) is 3.74. The predicted octanol–water partition coefficient (Wildman–Crippen LogP) is 6.25. The average Bonchev–Trinajstić information content (AvgIpc) is 2.82. The molecule has 0 fully saturated rings. The largest absolute Gasteiger partial charge is 0.227 e. The van der Waals surface area contributed by atoms with Gasteiger partial charge in [0.1, 0.15) is 9.49 Å². The van der Waals surface area contributed by atoms with Gasteiger partial charge in [-0.15, -0.1) is 11.3 Å². The van der Waals surface area contributed by atoms with Crippen molar-refractivity contribution in [1.82, 2.24) is 9.97 Å². The summed E-state index contributed by atoms with van der Waals surface area (Å²) in [6.07, 6.45) is 0. The first kappa shape index (κ1) is 15.0. The van der Waals surface area contributed by atoms with Crippen molar-refractivity contribution in [3.05, 3.63) is 55.9 Å². The Morgan fingerprint density at radius 2 is 1.81 bits per heavy atom. The molecule has 2 nitrogen and oxygen atoms in total. The van der Waals surface area contributed by atoms with Gasteiger partial charge in [-0.1, -0.05) is 53.5 Å². The van der Waals surface area contributed by atoms with Crippen molar-refractivity contribution in [3.8, 4) is 22.0 Å². The van der Waals surface area contributed by atoms with Crippen molar-refractivity contribution in [2.45, 2.75) is 6.92 Å². The zero-order valence-electron chi connectivity index (χ0n) is 10.9. The predicted molar refractivity (Wildman–Crippen MR) is 93.2 cm³/mol. The lowest BCUT2D eigenvalue weighted by molar-refractivity contribution is 1.15. The van der Waals surface area contributed by atoms with Gasteiger partial charge in [0.05, 0.1) is 10.6 Å². The van der Waals surface area contributed by atoms with E-state index in [0.29, 0.717) is 15.3 Å². The van der Waals surface area contributed by atoms with Gasteiger partial charge in [0, 0.05) is 15.6 Å². The standard InChI is InChI=1S/C15H9BrCl2N2S/c1-8-12(9-5-3-2-4-6-9)19-15(20-13(8)17)11-7-10(16)14(18)21-11/h2-7H,1H3. The Kier molecular flexibility index (Phi) is 4.31. The maximum Gasteiger partial charge on any atom is 0.171 e. The lowest BCUT2D eigenvalue weighted by atomic mass is 10.1. The van der Waals surface area contributed by atoms with Gasteiger partial charge in [-0.05, 0) is 28.9 Å². The number of nitrogens with zero attached hydrogens (tertiary/aromatic N) is 2. The number of rotatable bonds is 2. The Balaban J connectivity index is 2.18. The van der Waals surface area contributed by atoms with E-state index in [4.69, 9.17) is 23.2 Å². The highest BCUT2D eigenvalue weighted by Crippen LogP contribution is 2.38. The number of benzene rings is 1. The summed E-state index contributed by atoms with van der Waals surface area (Å²) in [5, 5.41) is 0.458. The van der Waals surface area contributed by atoms with Crippen molar-refractivity contribution in [2.24, 2.45) is 0 Å². The highest BCUT2D eigenvalue weighted by molar-refractivity contribution is 9.10. The van der Waals surface area contributed by atoms with Crippen LogP contribution in [-0.2, 0) is 0 Å². The van der Waals surface area contributed by atoms with Crippen LogP contribution in [0.25, 0.3) is 22.0 Å². The molecule has 0 N–H and O–H groups in total. The number of thiophene rings is 1. The fourth-order valence-electron chi connectivity index (χ4n) is 1.93. The second-order valence-electron chi connectivity index (χ2n) is 4.41. The van der Waals surface area contributed by atoms with Gasteiger partial charge in [-0.2, -0.15) is 0 Å². The third-order valence-corrected chi connectivity index (χ3v) is 5.84. The highest BCUT2D eigenvalue weighted by Gasteiger charge is 2.15. The molecule has 0 bridgehead atoms. The normalized spacial score (nSPS) is 10.9. The molecule has 106 valence electrons. The van der Waals surface area contributed by atoms with Crippen molar-refractivity contribution in [3.63, 3.8) is 0 Å². The topological polar surface area (TPSA) is 25.8 Å². The van der Waals surface area contributed by atoms with Crippen molar-refractivity contribution < 1.29 is 0 Å². The van der Waals surface area contributed by atoms with Crippen LogP contribution in [0.4, 0.5) is 0 Å². The van der Waals surface area contributed by atoms with E-state index in [9.17, 15) is 0 Å². The maximum atomic E-state index is 6.27. The highest BCUT2D eigenvalue weighted by atomic mass is 79.9. The molecule has 3 rings (SSSR count). The van der Waals surface area contributed by atoms with Crippen LogP contribution in [0.1, 0.15) is 5.56 Å². The molecule has 0 radical (unpaired) electrons. The van der Waals surface area contributed by atoms with Crippen LogP contribution >= 0.6 is 50.5 Å². The first-order chi connectivity index (χ1) is 10.1. The second-order valence-corrected chi connectivity index (χ2v) is 7.28. The van der Waals surface area contributed by atoms with Gasteiger partial charge in [-0.25, -0.2) is 9.97 Å². The minimum absolute atomic E-state index is 0.458. The van der Waals surface area contributed by atoms with Gasteiger partial charge >= 0.3 is 0 Å². The van der Waals surface area contributed by atoms with E-state index < -0.39 is 0 Å². The average molecular weight is 400 g/mol. The van der Waals surface area contributed by atoms with Gasteiger partial charge in [-0.3, -0.25) is 0 Å². The van der Waals surface area contributed by atoms with E-state index in [-0.39, 0.29) is 0 Å². The summed E-state index contributed by atoms with van der Waals surface area (Å²) in [5.41, 5.74) is 2.72. The molecule has 0 spiro atoms. The van der Waals surface area contributed by atoms with E-state index in [1.807, 2.05) is 43.3 Å². The van der Waals surface area contributed by atoms with Crippen molar-refractivity contribution in [2.75, 3.05) is 0 Å². The summed E-state index contributed by atoms with van der Waals surface area (Å²) in [6, 6.07) is 11.8. The summed E-state index contributed by atoms with van der Waals surface area (Å²) in [5.74, 6) is 0.585. The van der Waals surface area contributed by atoms with E-state index in [1.54, 1.807) is 0 Å². The molecular formula is C15H9BrCl2N2S. The summed E-state index contributed by atoms with van der Waals surface area (Å²) in [7, 11) is 0. The zero-order chi connectivity index (χ0) is 15.0. The Labute approximate surface area is 144 Å². The Morgan fingerprint density at radius 1 is 1.10 bits per heavy atom. The smallest absolute Gasteiger partial charge is 0.171 e. The van der Waals surface area contributed by atoms with E-state index in [2.05, 4.69) is 25.9 Å². The second kappa shape index (κ2) is 6.05. The fraction of sp³-hybridized carbons (Fsp3) is 0.0667. The molecule has 2 heterocycles. The molecule has 0 aliphatic heterocycles. The minimum atomic E-state index is 0.458. The third-order valence-electron chi connectivity index (χ3n) is 3.00. The molecule has 0 amide bonds. The first-order valence-electron chi connectivity index (χ1n) is 6.11. The summed E-state index contributed by atoms with van der Waals surface area (Å²) >= 11 is 17.2. The molecule has 1 aromatic carbocycles. The molecule has 6 heteroatoms. The van der Waals surface area contributed by atoms with Crippen molar-refractivity contribution in [1.29, 1.82) is 0 Å². The third kappa shape index (κ3) is 2.99. The molecule has 0 saturated heterocycles. The van der Waals surface area contributed by atoms with Crippen LogP contribution in [0.15, 0.2) is 40.9 Å². The molecule has 2 aromatic heterocycles. The summed E-state index contributed by atoms with van der Waals surface area (Å²) in [4.78, 5) is 9.91. The van der Waals surface area contributed by atoms with Crippen LogP contribution in [0.5, 0.6) is 0 Å². The van der Waals surface area contributed by atoms with Gasteiger partial charge in [0.2, 0.25) is 0 Å². The monoisotopic (exact) mass is 398 g/mol. The maximum absolute atomic E-state index is 6.27. The Hall–Kier alpha value is -0.940. The van der Waals surface area contributed by atoms with Crippen LogP contribution in [0, 0.1) is 6.92 Å². The molecule has 0 aliphatic carbocycles. The SMILES string of the molecule is Cc1c(Cl)nc(-c2cc(Br)c(Cl)s2)nc1-c1ccccc1. The van der Waals surface area contributed by atoms with E-state index in [1.165, 1.54) is 11.3 Å². The molecule has 0 saturated carbocycles. The summed E-state index contributed by atoms with van der Waals surface area (Å²) < 4.78 is 1.51. The molecule has 21 heavy (non-hydrogen) atoms.